The van der Waals surface area contributed by atoms with Crippen LogP contribution in [0.5, 0.6) is 0 Å². The fourth-order valence-electron chi connectivity index (χ4n) is 1.94. The van der Waals surface area contributed by atoms with Gasteiger partial charge in [0, 0.05) is 6.54 Å². The number of hydrogen-bond acceptors (Lipinski definition) is 3. The summed E-state index contributed by atoms with van der Waals surface area (Å²) in [6.45, 7) is 3.66. The molecule has 0 aromatic rings. The van der Waals surface area contributed by atoms with Crippen LogP contribution in [0.15, 0.2) is 0 Å². The second-order valence-electron chi connectivity index (χ2n) is 4.31. The highest BCUT2D eigenvalue weighted by Crippen LogP contribution is 2.28. The summed E-state index contributed by atoms with van der Waals surface area (Å²) in [5.74, 6) is -1.23. The Balaban J connectivity index is 2.92. The van der Waals surface area contributed by atoms with Gasteiger partial charge < -0.3 is 15.7 Å². The Morgan fingerprint density at radius 1 is 1.47 bits per heavy atom. The average Bonchev–Trinajstić information content (AvgIpc) is 2.17. The van der Waals surface area contributed by atoms with E-state index in [-0.39, 0.29) is 5.91 Å². The molecule has 0 aliphatic carbocycles. The molecule has 86 valence electrons. The van der Waals surface area contributed by atoms with Crippen LogP contribution < -0.4 is 5.73 Å². The molecule has 0 radical (unpaired) electrons. The number of carbonyl (C=O) groups excluding carboxylic acids is 1. The normalized spacial score (nSPS) is 28.6. The van der Waals surface area contributed by atoms with Crippen molar-refractivity contribution in [2.45, 2.75) is 44.7 Å². The van der Waals surface area contributed by atoms with Crippen LogP contribution in [0.4, 0.5) is 0 Å². The molecule has 5 heteroatoms. The molecule has 0 bridgehead atoms. The SMILES string of the molecule is C[C@@H](N)C(=O)N1CCCCC1(C)C(=O)O. The van der Waals surface area contributed by atoms with Crippen LogP contribution in [0.3, 0.4) is 0 Å². The summed E-state index contributed by atoms with van der Waals surface area (Å²) < 4.78 is 0. The van der Waals surface area contributed by atoms with Gasteiger partial charge in [0.15, 0.2) is 0 Å². The molecule has 15 heavy (non-hydrogen) atoms. The van der Waals surface area contributed by atoms with Crippen molar-refractivity contribution in [2.75, 3.05) is 6.54 Å². The maximum absolute atomic E-state index is 11.8. The van der Waals surface area contributed by atoms with Gasteiger partial charge in [-0.15, -0.1) is 0 Å². The predicted octanol–water partition coefficient (Wildman–Crippen LogP) is 0.189. The standard InChI is InChI=1S/C10H18N2O3/c1-7(11)8(13)12-6-4-3-5-10(12,2)9(14)15/h7H,3-6,11H2,1-2H3,(H,14,15)/t7-,10?/m1/s1. The molecule has 1 rings (SSSR count). The van der Waals surface area contributed by atoms with Crippen LogP contribution in [0.25, 0.3) is 0 Å². The molecule has 0 aromatic carbocycles. The lowest BCUT2D eigenvalue weighted by molar-refractivity contribution is -0.161. The zero-order chi connectivity index (χ0) is 11.6. The van der Waals surface area contributed by atoms with Gasteiger partial charge in [0.05, 0.1) is 6.04 Å². The Kier molecular flexibility index (Phi) is 3.34. The summed E-state index contributed by atoms with van der Waals surface area (Å²) >= 11 is 0. The lowest BCUT2D eigenvalue weighted by atomic mass is 9.88. The van der Waals surface area contributed by atoms with Gasteiger partial charge in [-0.25, -0.2) is 4.79 Å². The second-order valence-corrected chi connectivity index (χ2v) is 4.31. The van der Waals surface area contributed by atoms with Gasteiger partial charge in [0.1, 0.15) is 5.54 Å². The fourth-order valence-corrected chi connectivity index (χ4v) is 1.94. The maximum atomic E-state index is 11.8. The van der Waals surface area contributed by atoms with E-state index in [9.17, 15) is 9.59 Å². The summed E-state index contributed by atoms with van der Waals surface area (Å²) in [5, 5.41) is 9.16. The van der Waals surface area contributed by atoms with Crippen molar-refractivity contribution in [1.29, 1.82) is 0 Å². The summed E-state index contributed by atoms with van der Waals surface area (Å²) in [7, 11) is 0. The highest BCUT2D eigenvalue weighted by Gasteiger charge is 2.44. The summed E-state index contributed by atoms with van der Waals surface area (Å²) in [4.78, 5) is 24.3. The monoisotopic (exact) mass is 214 g/mol. The molecular weight excluding hydrogens is 196 g/mol. The molecule has 1 aliphatic heterocycles. The maximum Gasteiger partial charge on any atom is 0.329 e. The second kappa shape index (κ2) is 4.18. The molecule has 2 atom stereocenters. The number of likely N-dealkylation sites (tertiary alicyclic amines) is 1. The number of carboxylic acids is 1. The lowest BCUT2D eigenvalue weighted by Crippen LogP contribution is -2.60. The van der Waals surface area contributed by atoms with Crippen LogP contribution in [-0.2, 0) is 9.59 Å². The van der Waals surface area contributed by atoms with Crippen LogP contribution in [-0.4, -0.2) is 40.0 Å². The van der Waals surface area contributed by atoms with E-state index < -0.39 is 17.6 Å². The van der Waals surface area contributed by atoms with Crippen LogP contribution >= 0.6 is 0 Å². The van der Waals surface area contributed by atoms with Crippen LogP contribution in [0.2, 0.25) is 0 Å². The first-order valence-corrected chi connectivity index (χ1v) is 5.20. The number of nitrogens with two attached hydrogens (primary N) is 1. The molecule has 3 N–H and O–H groups in total. The number of aliphatic carboxylic acids is 1. The Morgan fingerprint density at radius 2 is 2.07 bits per heavy atom. The number of rotatable bonds is 2. The van der Waals surface area contributed by atoms with E-state index in [2.05, 4.69) is 0 Å². The van der Waals surface area contributed by atoms with Crippen molar-refractivity contribution in [2.24, 2.45) is 5.73 Å². The number of hydrogen-bond donors (Lipinski definition) is 2. The molecule has 1 amide bonds. The van der Waals surface area contributed by atoms with Crippen molar-refractivity contribution in [3.05, 3.63) is 0 Å². The minimum absolute atomic E-state index is 0.278. The molecule has 1 aliphatic rings. The Hall–Kier alpha value is -1.10. The van der Waals surface area contributed by atoms with Gasteiger partial charge in [0.25, 0.3) is 0 Å². The molecule has 1 heterocycles. The van der Waals surface area contributed by atoms with E-state index in [1.54, 1.807) is 13.8 Å². The number of carboxylic acid groups (broad SMARTS) is 1. The first-order valence-electron chi connectivity index (χ1n) is 5.20. The number of amides is 1. The average molecular weight is 214 g/mol. The fraction of sp³-hybridized carbons (Fsp3) is 0.800. The molecule has 1 saturated heterocycles. The third kappa shape index (κ3) is 2.12. The van der Waals surface area contributed by atoms with Gasteiger partial charge in [-0.2, -0.15) is 0 Å². The largest absolute Gasteiger partial charge is 0.480 e. The minimum atomic E-state index is -1.08. The van der Waals surface area contributed by atoms with Gasteiger partial charge in [0.2, 0.25) is 5.91 Å². The highest BCUT2D eigenvalue weighted by molar-refractivity contribution is 5.89. The summed E-state index contributed by atoms with van der Waals surface area (Å²) in [6, 6.07) is -0.637. The zero-order valence-corrected chi connectivity index (χ0v) is 9.19. The third-order valence-electron chi connectivity index (χ3n) is 3.01. The van der Waals surface area contributed by atoms with Crippen LogP contribution in [0, 0.1) is 0 Å². The van der Waals surface area contributed by atoms with Crippen molar-refractivity contribution < 1.29 is 14.7 Å². The van der Waals surface area contributed by atoms with E-state index in [0.29, 0.717) is 13.0 Å². The molecule has 0 spiro atoms. The third-order valence-corrected chi connectivity index (χ3v) is 3.01. The first-order chi connectivity index (χ1) is 6.89. The van der Waals surface area contributed by atoms with Gasteiger partial charge in [-0.3, -0.25) is 4.79 Å². The minimum Gasteiger partial charge on any atom is -0.480 e. The topological polar surface area (TPSA) is 83.6 Å². The molecule has 5 nitrogen and oxygen atoms in total. The summed E-state index contributed by atoms with van der Waals surface area (Å²) in [6.07, 6.45) is 2.19. The van der Waals surface area contributed by atoms with Crippen molar-refractivity contribution in [3.8, 4) is 0 Å². The Morgan fingerprint density at radius 3 is 2.53 bits per heavy atom. The van der Waals surface area contributed by atoms with E-state index in [1.807, 2.05) is 0 Å². The number of nitrogens with zero attached hydrogens (tertiary/aromatic N) is 1. The van der Waals surface area contributed by atoms with Crippen molar-refractivity contribution in [1.82, 2.24) is 4.90 Å². The van der Waals surface area contributed by atoms with Gasteiger partial charge in [-0.1, -0.05) is 0 Å². The molecule has 1 unspecified atom stereocenters. The lowest BCUT2D eigenvalue weighted by Gasteiger charge is -2.42. The molecule has 1 fully saturated rings. The molecule has 0 aromatic heterocycles. The zero-order valence-electron chi connectivity index (χ0n) is 9.19. The number of carbonyl (C=O) groups is 2. The van der Waals surface area contributed by atoms with E-state index in [4.69, 9.17) is 10.8 Å². The quantitative estimate of drug-likeness (QED) is 0.687. The van der Waals surface area contributed by atoms with Crippen molar-refractivity contribution in [3.63, 3.8) is 0 Å². The Bertz CT molecular complexity index is 278. The summed E-state index contributed by atoms with van der Waals surface area (Å²) in [5.41, 5.74) is 4.42. The van der Waals surface area contributed by atoms with Crippen LogP contribution in [0.1, 0.15) is 33.1 Å². The highest BCUT2D eigenvalue weighted by atomic mass is 16.4. The first kappa shape index (κ1) is 12.0. The molecular formula is C10H18N2O3. The van der Waals surface area contributed by atoms with Crippen molar-refractivity contribution >= 4 is 11.9 Å². The molecule has 0 saturated carbocycles. The van der Waals surface area contributed by atoms with Gasteiger partial charge in [-0.05, 0) is 33.1 Å². The smallest absolute Gasteiger partial charge is 0.329 e. The van der Waals surface area contributed by atoms with E-state index in [0.717, 1.165) is 12.8 Å². The predicted molar refractivity (Wildman–Crippen MR) is 55.3 cm³/mol. The van der Waals surface area contributed by atoms with E-state index in [1.165, 1.54) is 4.90 Å². The van der Waals surface area contributed by atoms with Gasteiger partial charge >= 0.3 is 5.97 Å². The number of piperidine rings is 1. The van der Waals surface area contributed by atoms with E-state index >= 15 is 0 Å². The Labute approximate surface area is 89.2 Å².